The maximum Gasteiger partial charge on any atom is 0.0975 e. The molecule has 1 aromatic heterocycles. The van der Waals surface area contributed by atoms with Crippen LogP contribution in [0.2, 0.25) is 0 Å². The molecular weight excluding hydrogens is 402 g/mol. The second-order valence-electron chi connectivity index (χ2n) is 8.97. The molecule has 4 aromatic rings. The maximum absolute atomic E-state index is 4.55. The van der Waals surface area contributed by atoms with Crippen LogP contribution in [0.3, 0.4) is 0 Å². The lowest BCUT2D eigenvalue weighted by Gasteiger charge is -2.48. The number of rotatable bonds is 5. The molecule has 0 amide bonds. The van der Waals surface area contributed by atoms with Gasteiger partial charge in [-0.2, -0.15) is 5.10 Å². The first kappa shape index (κ1) is 21.4. The lowest BCUT2D eigenvalue weighted by Crippen LogP contribution is -2.50. The summed E-state index contributed by atoms with van der Waals surface area (Å²) in [6.45, 7) is 4.02. The SMILES string of the molecule is Cc1cc(/C=C2\CCCN(C(c3ccccc3)(c3ccccc3)c3ccccc3)C2)n(C)n1. The normalized spacial score (nSPS) is 16.2. The molecule has 33 heavy (non-hydrogen) atoms. The van der Waals surface area contributed by atoms with Crippen molar-refractivity contribution in [2.75, 3.05) is 13.1 Å². The summed E-state index contributed by atoms with van der Waals surface area (Å²) in [7, 11) is 2.03. The lowest BCUT2D eigenvalue weighted by atomic mass is 9.74. The number of piperidine rings is 1. The van der Waals surface area contributed by atoms with Gasteiger partial charge in [-0.1, -0.05) is 96.6 Å². The molecule has 1 aliphatic heterocycles. The fourth-order valence-electron chi connectivity index (χ4n) is 5.36. The van der Waals surface area contributed by atoms with Gasteiger partial charge < -0.3 is 0 Å². The predicted octanol–water partition coefficient (Wildman–Crippen LogP) is 6.20. The number of likely N-dealkylation sites (tertiary alicyclic amines) is 1. The van der Waals surface area contributed by atoms with Crippen molar-refractivity contribution in [3.63, 3.8) is 0 Å². The summed E-state index contributed by atoms with van der Waals surface area (Å²) >= 11 is 0. The van der Waals surface area contributed by atoms with E-state index in [2.05, 4.69) is 120 Å². The van der Waals surface area contributed by atoms with Crippen LogP contribution < -0.4 is 0 Å². The third-order valence-corrected chi connectivity index (χ3v) is 6.76. The molecule has 0 atom stereocenters. The molecule has 0 bridgehead atoms. The van der Waals surface area contributed by atoms with Crippen molar-refractivity contribution in [2.45, 2.75) is 25.3 Å². The van der Waals surface area contributed by atoms with E-state index in [-0.39, 0.29) is 5.54 Å². The highest BCUT2D eigenvalue weighted by atomic mass is 15.3. The zero-order valence-corrected chi connectivity index (χ0v) is 19.5. The van der Waals surface area contributed by atoms with Crippen LogP contribution in [0.25, 0.3) is 6.08 Å². The highest BCUT2D eigenvalue weighted by Crippen LogP contribution is 2.44. The molecule has 3 nitrogen and oxygen atoms in total. The molecule has 5 rings (SSSR count). The molecule has 0 spiro atoms. The van der Waals surface area contributed by atoms with Crippen molar-refractivity contribution in [3.05, 3.63) is 131 Å². The molecular formula is C30H31N3. The fourth-order valence-corrected chi connectivity index (χ4v) is 5.36. The van der Waals surface area contributed by atoms with E-state index >= 15 is 0 Å². The number of benzene rings is 3. The molecule has 1 aliphatic rings. The Hall–Kier alpha value is -3.43. The largest absolute Gasteiger partial charge is 0.282 e. The van der Waals surface area contributed by atoms with E-state index in [1.54, 1.807) is 0 Å². The molecule has 3 aromatic carbocycles. The minimum Gasteiger partial charge on any atom is -0.282 e. The molecule has 166 valence electrons. The van der Waals surface area contributed by atoms with Crippen molar-refractivity contribution in [1.82, 2.24) is 14.7 Å². The molecule has 0 radical (unpaired) electrons. The lowest BCUT2D eigenvalue weighted by molar-refractivity contribution is 0.153. The van der Waals surface area contributed by atoms with Gasteiger partial charge in [0.05, 0.1) is 16.9 Å². The average molecular weight is 434 g/mol. The first-order valence-electron chi connectivity index (χ1n) is 11.8. The Bertz CT molecular complexity index is 1130. The molecule has 0 aliphatic carbocycles. The number of hydrogen-bond acceptors (Lipinski definition) is 2. The highest BCUT2D eigenvalue weighted by molar-refractivity contribution is 5.53. The number of aryl methyl sites for hydroxylation is 2. The smallest absolute Gasteiger partial charge is 0.0975 e. The van der Waals surface area contributed by atoms with Crippen molar-refractivity contribution in [3.8, 4) is 0 Å². The van der Waals surface area contributed by atoms with Crippen LogP contribution in [0.4, 0.5) is 0 Å². The average Bonchev–Trinajstić information content (AvgIpc) is 3.18. The van der Waals surface area contributed by atoms with Gasteiger partial charge in [-0.05, 0) is 48.6 Å². The Morgan fingerprint density at radius 3 is 1.76 bits per heavy atom. The van der Waals surface area contributed by atoms with Gasteiger partial charge >= 0.3 is 0 Å². The first-order valence-corrected chi connectivity index (χ1v) is 11.8. The third kappa shape index (κ3) is 4.05. The minimum absolute atomic E-state index is 0.355. The third-order valence-electron chi connectivity index (χ3n) is 6.76. The molecule has 1 saturated heterocycles. The molecule has 1 fully saturated rings. The van der Waals surface area contributed by atoms with E-state index in [1.165, 1.54) is 28.0 Å². The van der Waals surface area contributed by atoms with Crippen molar-refractivity contribution >= 4 is 6.08 Å². The number of aromatic nitrogens is 2. The quantitative estimate of drug-likeness (QED) is 0.349. The summed E-state index contributed by atoms with van der Waals surface area (Å²) in [5.74, 6) is 0. The summed E-state index contributed by atoms with van der Waals surface area (Å²) in [5.41, 5.74) is 7.25. The van der Waals surface area contributed by atoms with Gasteiger partial charge in [0.25, 0.3) is 0 Å². The van der Waals surface area contributed by atoms with Crippen LogP contribution in [0.15, 0.2) is 103 Å². The van der Waals surface area contributed by atoms with E-state index in [0.717, 1.165) is 31.6 Å². The van der Waals surface area contributed by atoms with Crippen LogP contribution in [0.1, 0.15) is 40.9 Å². The Balaban J connectivity index is 1.68. The zero-order chi connectivity index (χ0) is 22.7. The minimum atomic E-state index is -0.355. The van der Waals surface area contributed by atoms with E-state index in [9.17, 15) is 0 Å². The second-order valence-corrected chi connectivity index (χ2v) is 8.97. The summed E-state index contributed by atoms with van der Waals surface area (Å²) in [5, 5.41) is 4.55. The van der Waals surface area contributed by atoms with Crippen molar-refractivity contribution in [1.29, 1.82) is 0 Å². The van der Waals surface area contributed by atoms with Gasteiger partial charge in [-0.15, -0.1) is 0 Å². The molecule has 0 unspecified atom stereocenters. The number of nitrogens with zero attached hydrogens (tertiary/aromatic N) is 3. The Morgan fingerprint density at radius 1 is 0.788 bits per heavy atom. The van der Waals surface area contributed by atoms with Crippen molar-refractivity contribution < 1.29 is 0 Å². The van der Waals surface area contributed by atoms with E-state index < -0.39 is 0 Å². The summed E-state index contributed by atoms with van der Waals surface area (Å²) < 4.78 is 1.99. The van der Waals surface area contributed by atoms with Gasteiger partial charge in [0.2, 0.25) is 0 Å². The number of hydrogen-bond donors (Lipinski definition) is 0. The summed E-state index contributed by atoms with van der Waals surface area (Å²) in [4.78, 5) is 2.67. The van der Waals surface area contributed by atoms with Gasteiger partial charge in [0.15, 0.2) is 0 Å². The van der Waals surface area contributed by atoms with Gasteiger partial charge in [-0.3, -0.25) is 9.58 Å². The van der Waals surface area contributed by atoms with Crippen LogP contribution in [0, 0.1) is 6.92 Å². The molecule has 0 saturated carbocycles. The zero-order valence-electron chi connectivity index (χ0n) is 19.5. The predicted molar refractivity (Wildman–Crippen MR) is 136 cm³/mol. The van der Waals surface area contributed by atoms with Gasteiger partial charge in [0, 0.05) is 20.1 Å². The Kier molecular flexibility index (Phi) is 5.97. The highest BCUT2D eigenvalue weighted by Gasteiger charge is 2.42. The Morgan fingerprint density at radius 2 is 1.30 bits per heavy atom. The molecule has 2 heterocycles. The second kappa shape index (κ2) is 9.21. The van der Waals surface area contributed by atoms with Crippen LogP contribution >= 0.6 is 0 Å². The summed E-state index contributed by atoms with van der Waals surface area (Å²) in [6, 6.07) is 35.1. The molecule has 0 N–H and O–H groups in total. The van der Waals surface area contributed by atoms with Crippen molar-refractivity contribution in [2.24, 2.45) is 7.05 Å². The van der Waals surface area contributed by atoms with Gasteiger partial charge in [-0.25, -0.2) is 0 Å². The van der Waals surface area contributed by atoms with Crippen LogP contribution in [-0.4, -0.2) is 27.8 Å². The molecule has 3 heteroatoms. The Labute approximate surface area is 197 Å². The van der Waals surface area contributed by atoms with E-state index in [0.29, 0.717) is 0 Å². The van der Waals surface area contributed by atoms with E-state index in [1.807, 2.05) is 11.7 Å². The standard InChI is InChI=1S/C30H31N3/c1-24-21-29(32(2)31-24)22-25-13-12-20-33(23-25)30(26-14-6-3-7-15-26,27-16-8-4-9-17-27)28-18-10-5-11-19-28/h3-11,14-19,21-22H,12-13,20,23H2,1-2H3/b25-22+. The monoisotopic (exact) mass is 433 g/mol. The fraction of sp³-hybridized carbons (Fsp3) is 0.233. The van der Waals surface area contributed by atoms with Crippen LogP contribution in [0.5, 0.6) is 0 Å². The maximum atomic E-state index is 4.55. The first-order chi connectivity index (χ1) is 16.2. The van der Waals surface area contributed by atoms with Crippen LogP contribution in [-0.2, 0) is 12.6 Å². The summed E-state index contributed by atoms with van der Waals surface area (Å²) in [6.07, 6.45) is 4.60. The van der Waals surface area contributed by atoms with Gasteiger partial charge in [0.1, 0.15) is 0 Å². The topological polar surface area (TPSA) is 21.1 Å². The van der Waals surface area contributed by atoms with E-state index in [4.69, 9.17) is 0 Å².